The Morgan fingerprint density at radius 3 is 2.94 bits per heavy atom. The summed E-state index contributed by atoms with van der Waals surface area (Å²) in [7, 11) is -2.87. The number of rotatable bonds is 1. The average Bonchev–Trinajstić information content (AvgIpc) is 2.18. The molecule has 0 aromatic carbocycles. The van der Waals surface area contributed by atoms with Gasteiger partial charge in [-0.2, -0.15) is 0 Å². The number of hydrogen-bond acceptors (Lipinski definition) is 5. The zero-order valence-electron chi connectivity index (χ0n) is 8.80. The van der Waals surface area contributed by atoms with Crippen molar-refractivity contribution >= 4 is 38.2 Å². The van der Waals surface area contributed by atoms with E-state index in [2.05, 4.69) is 32.6 Å². The van der Waals surface area contributed by atoms with Gasteiger partial charge >= 0.3 is 0 Å². The fourth-order valence-electron chi connectivity index (χ4n) is 1.83. The number of aromatic nitrogens is 2. The van der Waals surface area contributed by atoms with Crippen LogP contribution in [0.4, 0.5) is 5.82 Å². The molecule has 88 valence electrons. The second-order valence-electron chi connectivity index (χ2n) is 3.85. The Morgan fingerprint density at radius 2 is 2.31 bits per heavy atom. The third kappa shape index (κ3) is 2.45. The summed E-state index contributed by atoms with van der Waals surface area (Å²) >= 11 is 2.17. The zero-order valence-corrected chi connectivity index (χ0v) is 11.8. The fraction of sp³-hybridized carbons (Fsp3) is 0.556. The molecule has 2 rings (SSSR count). The molecular weight excluding hydrogens is 341 g/mol. The second kappa shape index (κ2) is 4.44. The third-order valence-electron chi connectivity index (χ3n) is 2.59. The van der Waals surface area contributed by atoms with E-state index in [9.17, 15) is 8.42 Å². The van der Waals surface area contributed by atoms with Crippen LogP contribution in [0.25, 0.3) is 0 Å². The van der Waals surface area contributed by atoms with Crippen LogP contribution in [0.15, 0.2) is 12.5 Å². The highest BCUT2D eigenvalue weighted by atomic mass is 127. The summed E-state index contributed by atoms with van der Waals surface area (Å²) in [5.74, 6) is 1.24. The van der Waals surface area contributed by atoms with Gasteiger partial charge in [0, 0.05) is 18.8 Å². The maximum atomic E-state index is 11.5. The number of nitrogens with zero attached hydrogens (tertiary/aromatic N) is 3. The Hall–Kier alpha value is -0.440. The highest BCUT2D eigenvalue weighted by Gasteiger charge is 2.29. The van der Waals surface area contributed by atoms with Gasteiger partial charge in [0.2, 0.25) is 0 Å². The molecule has 1 aromatic heterocycles. The van der Waals surface area contributed by atoms with Gasteiger partial charge in [-0.25, -0.2) is 18.4 Å². The van der Waals surface area contributed by atoms with E-state index >= 15 is 0 Å². The van der Waals surface area contributed by atoms with Crippen molar-refractivity contribution in [2.75, 3.05) is 23.0 Å². The van der Waals surface area contributed by atoms with Crippen LogP contribution in [0.2, 0.25) is 0 Å². The van der Waals surface area contributed by atoms with E-state index in [0.29, 0.717) is 6.54 Å². The summed E-state index contributed by atoms with van der Waals surface area (Å²) in [4.78, 5) is 10.2. The summed E-state index contributed by atoms with van der Waals surface area (Å²) < 4.78 is 23.9. The van der Waals surface area contributed by atoms with Crippen LogP contribution in [0.5, 0.6) is 0 Å². The first-order valence-corrected chi connectivity index (χ1v) is 7.82. The van der Waals surface area contributed by atoms with Gasteiger partial charge in [-0.1, -0.05) is 0 Å². The van der Waals surface area contributed by atoms with E-state index in [4.69, 9.17) is 0 Å². The first-order chi connectivity index (χ1) is 7.49. The van der Waals surface area contributed by atoms with E-state index in [-0.39, 0.29) is 17.5 Å². The number of halogens is 1. The quantitative estimate of drug-likeness (QED) is 0.696. The van der Waals surface area contributed by atoms with Crippen LogP contribution in [0, 0.1) is 3.57 Å². The lowest BCUT2D eigenvalue weighted by Crippen LogP contribution is -2.47. The molecule has 0 radical (unpaired) electrons. The predicted molar refractivity (Wildman–Crippen MR) is 70.2 cm³/mol. The molecule has 16 heavy (non-hydrogen) atoms. The Morgan fingerprint density at radius 1 is 1.56 bits per heavy atom. The molecule has 2 heterocycles. The van der Waals surface area contributed by atoms with E-state index in [1.165, 1.54) is 6.33 Å². The fourth-order valence-corrected chi connectivity index (χ4v) is 4.00. The first-order valence-electron chi connectivity index (χ1n) is 4.92. The molecule has 0 N–H and O–H groups in total. The third-order valence-corrected chi connectivity index (χ3v) is 5.15. The van der Waals surface area contributed by atoms with Crippen LogP contribution in [-0.4, -0.2) is 42.5 Å². The van der Waals surface area contributed by atoms with Crippen molar-refractivity contribution in [1.82, 2.24) is 9.97 Å². The SMILES string of the molecule is CC1CS(=O)(=O)CCN1c1ncncc1I. The van der Waals surface area contributed by atoms with Crippen LogP contribution in [-0.2, 0) is 9.84 Å². The molecule has 1 unspecified atom stereocenters. The highest BCUT2D eigenvalue weighted by Crippen LogP contribution is 2.23. The van der Waals surface area contributed by atoms with Crippen molar-refractivity contribution < 1.29 is 8.42 Å². The molecule has 5 nitrogen and oxygen atoms in total. The summed E-state index contributed by atoms with van der Waals surface area (Å²) in [5.41, 5.74) is 0. The molecule has 0 spiro atoms. The lowest BCUT2D eigenvalue weighted by Gasteiger charge is -2.34. The number of sulfone groups is 1. The van der Waals surface area contributed by atoms with Gasteiger partial charge in [0.25, 0.3) is 0 Å². The van der Waals surface area contributed by atoms with Crippen LogP contribution in [0.3, 0.4) is 0 Å². The molecule has 7 heteroatoms. The Kier molecular flexibility index (Phi) is 3.34. The van der Waals surface area contributed by atoms with Crippen molar-refractivity contribution in [3.8, 4) is 0 Å². The largest absolute Gasteiger partial charge is 0.351 e. The summed E-state index contributed by atoms with van der Waals surface area (Å²) in [6, 6.07) is -0.0258. The number of anilines is 1. The minimum Gasteiger partial charge on any atom is -0.351 e. The predicted octanol–water partition coefficient (Wildman–Crippen LogP) is 0.704. The van der Waals surface area contributed by atoms with Gasteiger partial charge in [-0.05, 0) is 29.5 Å². The molecule has 1 saturated heterocycles. The summed E-state index contributed by atoms with van der Waals surface area (Å²) in [6.45, 7) is 2.42. The smallest absolute Gasteiger partial charge is 0.154 e. The minimum absolute atomic E-state index is 0.0258. The lowest BCUT2D eigenvalue weighted by molar-refractivity contribution is 0.566. The van der Waals surface area contributed by atoms with Gasteiger partial charge in [0.15, 0.2) is 9.84 Å². The standard InChI is InChI=1S/C9H12IN3O2S/c1-7-5-16(14,15)3-2-13(7)9-8(10)4-11-6-12-9/h4,6-7H,2-3,5H2,1H3. The molecule has 0 aliphatic carbocycles. The minimum atomic E-state index is -2.87. The molecule has 1 aromatic rings. The van der Waals surface area contributed by atoms with Crippen molar-refractivity contribution in [2.24, 2.45) is 0 Å². The molecule has 1 fully saturated rings. The van der Waals surface area contributed by atoms with Crippen molar-refractivity contribution in [3.63, 3.8) is 0 Å². The van der Waals surface area contributed by atoms with Gasteiger partial charge in [-0.3, -0.25) is 0 Å². The van der Waals surface area contributed by atoms with Crippen molar-refractivity contribution in [3.05, 3.63) is 16.1 Å². The molecule has 0 bridgehead atoms. The summed E-state index contributed by atoms with van der Waals surface area (Å²) in [6.07, 6.45) is 3.23. The average molecular weight is 353 g/mol. The molecule has 1 aliphatic heterocycles. The normalized spacial score (nSPS) is 24.4. The van der Waals surface area contributed by atoms with Gasteiger partial charge in [-0.15, -0.1) is 0 Å². The zero-order chi connectivity index (χ0) is 11.8. The van der Waals surface area contributed by atoms with E-state index in [0.717, 1.165) is 9.39 Å². The van der Waals surface area contributed by atoms with E-state index in [1.807, 2.05) is 11.8 Å². The molecule has 1 atom stereocenters. The maximum absolute atomic E-state index is 11.5. The maximum Gasteiger partial charge on any atom is 0.154 e. The first kappa shape index (κ1) is 12.0. The molecule has 0 saturated carbocycles. The molecular formula is C9H12IN3O2S. The van der Waals surface area contributed by atoms with Gasteiger partial charge in [0.1, 0.15) is 12.1 Å². The molecule has 1 aliphatic rings. The number of hydrogen-bond donors (Lipinski definition) is 0. The van der Waals surface area contributed by atoms with E-state index < -0.39 is 9.84 Å². The van der Waals surface area contributed by atoms with Crippen molar-refractivity contribution in [2.45, 2.75) is 13.0 Å². The Bertz CT molecular complexity index is 491. The van der Waals surface area contributed by atoms with Gasteiger partial charge in [0.05, 0.1) is 15.1 Å². The van der Waals surface area contributed by atoms with Gasteiger partial charge < -0.3 is 4.90 Å². The van der Waals surface area contributed by atoms with Crippen LogP contribution < -0.4 is 4.90 Å². The second-order valence-corrected chi connectivity index (χ2v) is 7.24. The van der Waals surface area contributed by atoms with Crippen molar-refractivity contribution in [1.29, 1.82) is 0 Å². The Balaban J connectivity index is 2.27. The lowest BCUT2D eigenvalue weighted by atomic mass is 10.3. The highest BCUT2D eigenvalue weighted by molar-refractivity contribution is 14.1. The Labute approximate surface area is 108 Å². The monoisotopic (exact) mass is 353 g/mol. The summed E-state index contributed by atoms with van der Waals surface area (Å²) in [5, 5.41) is 0. The van der Waals surface area contributed by atoms with Crippen LogP contribution in [0.1, 0.15) is 6.92 Å². The topological polar surface area (TPSA) is 63.2 Å². The molecule has 0 amide bonds. The van der Waals surface area contributed by atoms with E-state index in [1.54, 1.807) is 6.20 Å². The van der Waals surface area contributed by atoms with Crippen LogP contribution >= 0.6 is 22.6 Å².